The Labute approximate surface area is 265 Å². The summed E-state index contributed by atoms with van der Waals surface area (Å²) in [5.74, 6) is -1.05. The number of hydrogen-bond donors (Lipinski definition) is 4. The Balaban J connectivity index is 1.59. The zero-order chi connectivity index (χ0) is 32.6. The number of anilines is 1. The van der Waals surface area contributed by atoms with Crippen LogP contribution in [0, 0.1) is 5.92 Å². The smallest absolute Gasteiger partial charge is 0.350 e. The highest BCUT2D eigenvalue weighted by molar-refractivity contribution is 6.32. The predicted octanol–water partition coefficient (Wildman–Crippen LogP) is 3.90. The van der Waals surface area contributed by atoms with Gasteiger partial charge >= 0.3 is 5.97 Å². The fourth-order valence-electron chi connectivity index (χ4n) is 5.95. The lowest BCUT2D eigenvalue weighted by Crippen LogP contribution is -2.50. The summed E-state index contributed by atoms with van der Waals surface area (Å²) in [6, 6.07) is 9.83. The molecule has 2 aliphatic rings. The van der Waals surface area contributed by atoms with Crippen LogP contribution in [-0.4, -0.2) is 66.4 Å². The highest BCUT2D eigenvalue weighted by atomic mass is 16.7. The molecule has 0 spiro atoms. The number of nitrogens with zero attached hydrogens (tertiary/aromatic N) is 2. The van der Waals surface area contributed by atoms with Gasteiger partial charge in [-0.2, -0.15) is 0 Å². The average Bonchev–Trinajstić information content (AvgIpc) is 3.75. The van der Waals surface area contributed by atoms with Crippen molar-refractivity contribution < 1.29 is 23.9 Å². The van der Waals surface area contributed by atoms with E-state index in [9.17, 15) is 14.4 Å². The number of aromatic nitrogens is 1. The first-order chi connectivity index (χ1) is 21.6. The number of pyridine rings is 1. The van der Waals surface area contributed by atoms with Gasteiger partial charge in [0.15, 0.2) is 17.3 Å². The number of guanidine groups is 1. The molecule has 1 fully saturated rings. The van der Waals surface area contributed by atoms with Crippen molar-refractivity contribution >= 4 is 29.3 Å². The van der Waals surface area contributed by atoms with Gasteiger partial charge < -0.3 is 31.6 Å². The first-order valence-electron chi connectivity index (χ1n) is 15.8. The van der Waals surface area contributed by atoms with E-state index in [4.69, 9.17) is 20.9 Å². The first-order valence-corrected chi connectivity index (χ1v) is 15.8. The molecule has 6 N–H and O–H groups in total. The molecule has 1 saturated heterocycles. The van der Waals surface area contributed by atoms with Crippen LogP contribution in [0.15, 0.2) is 59.2 Å². The number of benzene rings is 1. The molecule has 1 aliphatic heterocycles. The van der Waals surface area contributed by atoms with Crippen LogP contribution in [-0.2, 0) is 14.3 Å². The maximum absolute atomic E-state index is 14.0. The van der Waals surface area contributed by atoms with Crippen molar-refractivity contribution in [1.82, 2.24) is 15.6 Å². The Hall–Kier alpha value is -4.09. The number of esters is 1. The number of rotatable bonds is 16. The number of Topliss-reactive ketones (excluding diaryl/α,β-unsaturated/α-hetero) is 2. The number of nitrogens with one attached hydrogen (secondary N) is 2. The number of unbranched alkanes of at least 4 members (excludes halogenated alkanes) is 1. The fourth-order valence-corrected chi connectivity index (χ4v) is 5.95. The van der Waals surface area contributed by atoms with Crippen LogP contribution in [0.2, 0.25) is 0 Å². The predicted molar refractivity (Wildman–Crippen MR) is 174 cm³/mol. The third-order valence-corrected chi connectivity index (χ3v) is 8.56. The maximum Gasteiger partial charge on any atom is 0.350 e. The summed E-state index contributed by atoms with van der Waals surface area (Å²) in [4.78, 5) is 49.8. The second kappa shape index (κ2) is 14.8. The number of carbonyl (C=O) groups excluding carboxylic acids is 3. The second-order valence-corrected chi connectivity index (χ2v) is 11.9. The van der Waals surface area contributed by atoms with Crippen LogP contribution in [0.5, 0.6) is 0 Å². The number of ether oxygens (including phenoxy) is 2. The Morgan fingerprint density at radius 3 is 2.56 bits per heavy atom. The molecule has 4 rings (SSSR count). The minimum absolute atomic E-state index is 0.0205. The van der Waals surface area contributed by atoms with Crippen LogP contribution in [0.1, 0.15) is 91.6 Å². The third kappa shape index (κ3) is 7.10. The lowest BCUT2D eigenvalue weighted by atomic mass is 9.72. The van der Waals surface area contributed by atoms with Crippen LogP contribution in [0.3, 0.4) is 0 Å². The number of nitrogen functional groups attached to an aromatic ring is 1. The maximum atomic E-state index is 14.0. The van der Waals surface area contributed by atoms with Crippen molar-refractivity contribution in [3.8, 4) is 0 Å². The molecule has 11 nitrogen and oxygen atoms in total. The molecule has 1 aromatic carbocycles. The molecule has 0 radical (unpaired) electrons. The summed E-state index contributed by atoms with van der Waals surface area (Å²) < 4.78 is 11.9. The number of nitrogens with two attached hydrogens (primary N) is 2. The average molecular weight is 619 g/mol. The number of carbonyl (C=O) groups is 3. The van der Waals surface area contributed by atoms with E-state index in [1.54, 1.807) is 43.6 Å². The molecule has 1 aromatic heterocycles. The molecular formula is C34H46N6O5. The summed E-state index contributed by atoms with van der Waals surface area (Å²) in [5, 5.41) is 6.59. The van der Waals surface area contributed by atoms with Crippen molar-refractivity contribution in [1.29, 1.82) is 0 Å². The van der Waals surface area contributed by atoms with E-state index >= 15 is 0 Å². The number of fused-ring (bicyclic) bond motifs is 2. The Bertz CT molecular complexity index is 1460. The van der Waals surface area contributed by atoms with Crippen LogP contribution in [0.25, 0.3) is 0 Å². The summed E-state index contributed by atoms with van der Waals surface area (Å²) in [6.07, 6.45) is 7.83. The summed E-state index contributed by atoms with van der Waals surface area (Å²) in [5.41, 5.74) is 10.4. The molecule has 0 saturated carbocycles. The lowest BCUT2D eigenvalue weighted by molar-refractivity contribution is -0.149. The fraction of sp³-hybridized carbons (Fsp3) is 0.500. The lowest BCUT2D eigenvalue weighted by Gasteiger charge is -2.25. The highest BCUT2D eigenvalue weighted by Crippen LogP contribution is 2.58. The van der Waals surface area contributed by atoms with E-state index in [-0.39, 0.29) is 42.1 Å². The van der Waals surface area contributed by atoms with Gasteiger partial charge in [0.05, 0.1) is 12.6 Å². The van der Waals surface area contributed by atoms with Gasteiger partial charge in [-0.05, 0) is 50.4 Å². The third-order valence-electron chi connectivity index (χ3n) is 8.56. The van der Waals surface area contributed by atoms with E-state index < -0.39 is 28.7 Å². The molecule has 11 heteroatoms. The summed E-state index contributed by atoms with van der Waals surface area (Å²) in [7, 11) is 1.59. The first kappa shape index (κ1) is 33.8. The van der Waals surface area contributed by atoms with Crippen molar-refractivity contribution in [3.05, 3.63) is 70.9 Å². The number of epoxide rings is 1. The molecule has 45 heavy (non-hydrogen) atoms. The Morgan fingerprint density at radius 2 is 1.89 bits per heavy atom. The Morgan fingerprint density at radius 1 is 1.16 bits per heavy atom. The highest BCUT2D eigenvalue weighted by Gasteiger charge is 2.85. The van der Waals surface area contributed by atoms with Gasteiger partial charge in [-0.1, -0.05) is 62.6 Å². The standard InChI is InChI=1S/C34H46N6O5/c1-5-7-10-23(20-38-16-6-2)21-44-31(43)34-30(42)26-12-9-8-11-25(26)29(41)33(34,45-34)15-13-22(3)18-27(40-32(36)37-4)24-14-17-39-28(35)19-24/h8-9,11-14,17,19,23,27,38H,5-7,10,15-16,18,20-21H2,1-4H3,(H2,35,39)(H3,36,37,40). The monoisotopic (exact) mass is 618 g/mol. The molecule has 0 amide bonds. The van der Waals surface area contributed by atoms with E-state index in [0.717, 1.165) is 43.4 Å². The van der Waals surface area contributed by atoms with Gasteiger partial charge in [-0.25, -0.2) is 9.78 Å². The van der Waals surface area contributed by atoms with Gasteiger partial charge in [0, 0.05) is 43.3 Å². The molecule has 4 atom stereocenters. The van der Waals surface area contributed by atoms with Gasteiger partial charge in [0.1, 0.15) is 5.82 Å². The van der Waals surface area contributed by atoms with Crippen LogP contribution < -0.4 is 22.1 Å². The summed E-state index contributed by atoms with van der Waals surface area (Å²) in [6.45, 7) is 7.82. The summed E-state index contributed by atoms with van der Waals surface area (Å²) >= 11 is 0. The number of ketones is 2. The zero-order valence-corrected chi connectivity index (χ0v) is 26.7. The SMILES string of the molecule is CCCCC(CNCCC)COC(=O)C12OC1(CC=C(C)CC(NC(N)=NC)c1ccnc(N)c1)C(=O)c1ccccc1C2=O. The molecule has 2 aromatic rings. The molecule has 1 aliphatic carbocycles. The zero-order valence-electron chi connectivity index (χ0n) is 26.7. The topological polar surface area (TPSA) is 174 Å². The quantitative estimate of drug-likeness (QED) is 0.0411. The normalized spacial score (nSPS) is 22.3. The van der Waals surface area contributed by atoms with Crippen molar-refractivity contribution in [2.24, 2.45) is 16.6 Å². The second-order valence-electron chi connectivity index (χ2n) is 11.9. The minimum Gasteiger partial charge on any atom is -0.463 e. The van der Waals surface area contributed by atoms with E-state index in [1.807, 2.05) is 19.1 Å². The molecule has 2 heterocycles. The van der Waals surface area contributed by atoms with Gasteiger partial charge in [0.2, 0.25) is 5.78 Å². The van der Waals surface area contributed by atoms with Crippen molar-refractivity contribution in [2.75, 3.05) is 32.5 Å². The minimum atomic E-state index is -2.02. The molecule has 242 valence electrons. The van der Waals surface area contributed by atoms with Gasteiger partial charge in [-0.3, -0.25) is 14.6 Å². The van der Waals surface area contributed by atoms with E-state index in [1.165, 1.54) is 0 Å². The molecular weight excluding hydrogens is 572 g/mol. The van der Waals surface area contributed by atoms with E-state index in [0.29, 0.717) is 18.8 Å². The largest absolute Gasteiger partial charge is 0.463 e. The van der Waals surface area contributed by atoms with Gasteiger partial charge in [0.25, 0.3) is 5.60 Å². The Kier molecular flexibility index (Phi) is 11.1. The van der Waals surface area contributed by atoms with Crippen molar-refractivity contribution in [2.45, 2.75) is 76.5 Å². The molecule has 4 unspecified atom stereocenters. The van der Waals surface area contributed by atoms with Crippen LogP contribution in [0.4, 0.5) is 5.82 Å². The number of aliphatic imine (C=N–C) groups is 1. The van der Waals surface area contributed by atoms with Crippen molar-refractivity contribution in [3.63, 3.8) is 0 Å². The van der Waals surface area contributed by atoms with Crippen LogP contribution >= 0.6 is 0 Å². The molecule has 0 bridgehead atoms. The number of hydrogen-bond acceptors (Lipinski definition) is 9. The van der Waals surface area contributed by atoms with E-state index in [2.05, 4.69) is 34.5 Å². The van der Waals surface area contributed by atoms with Gasteiger partial charge in [-0.15, -0.1) is 0 Å².